The number of ether oxygens (including phenoxy) is 1. The molecular formula is C18H20ClF2N7O2. The number of nitrogens with zero attached hydrogens (tertiary/aromatic N) is 4. The molecule has 1 aromatic heterocycles. The van der Waals surface area contributed by atoms with Crippen molar-refractivity contribution in [3.05, 3.63) is 52.8 Å². The summed E-state index contributed by atoms with van der Waals surface area (Å²) < 4.78 is 31.0. The smallest absolute Gasteiger partial charge is 0.263 e. The van der Waals surface area contributed by atoms with Crippen molar-refractivity contribution in [3.8, 4) is 5.88 Å². The van der Waals surface area contributed by atoms with Crippen LogP contribution in [0.4, 0.5) is 20.3 Å². The molecule has 30 heavy (non-hydrogen) atoms. The van der Waals surface area contributed by atoms with E-state index in [-0.39, 0.29) is 41.4 Å². The summed E-state index contributed by atoms with van der Waals surface area (Å²) in [7, 11) is 0. The van der Waals surface area contributed by atoms with E-state index in [1.807, 2.05) is 0 Å². The van der Waals surface area contributed by atoms with Gasteiger partial charge in [0.25, 0.3) is 6.43 Å². The van der Waals surface area contributed by atoms with Crippen LogP contribution in [0.5, 0.6) is 5.88 Å². The Morgan fingerprint density at radius 2 is 2.00 bits per heavy atom. The molecule has 0 atom stereocenters. The van der Waals surface area contributed by atoms with E-state index < -0.39 is 6.43 Å². The van der Waals surface area contributed by atoms with Crippen LogP contribution in [-0.4, -0.2) is 42.3 Å². The van der Waals surface area contributed by atoms with E-state index in [0.29, 0.717) is 24.6 Å². The molecule has 2 aromatic rings. The average Bonchev–Trinajstić information content (AvgIpc) is 2.74. The molecule has 0 radical (unpaired) electrons. The number of aromatic nitrogens is 2. The highest BCUT2D eigenvalue weighted by molar-refractivity contribution is 6.29. The Morgan fingerprint density at radius 1 is 1.27 bits per heavy atom. The molecule has 1 saturated heterocycles. The fourth-order valence-electron chi connectivity index (χ4n) is 2.72. The first kappa shape index (κ1) is 21.5. The van der Waals surface area contributed by atoms with Crippen molar-refractivity contribution in [1.82, 2.24) is 15.5 Å². The number of anilines is 2. The molecule has 5 N–H and O–H groups in total. The SMILES string of the molecule is N/C(Cl)=C(/COc1ccc(N2CCNC(=O)C2)nn1)N(N)c1ccc(C(F)F)cc1. The molecule has 0 aliphatic carbocycles. The van der Waals surface area contributed by atoms with Gasteiger partial charge in [-0.05, 0) is 18.2 Å². The van der Waals surface area contributed by atoms with Gasteiger partial charge in [0.05, 0.1) is 12.2 Å². The number of rotatable bonds is 7. The van der Waals surface area contributed by atoms with Crippen LogP contribution in [0.2, 0.25) is 0 Å². The Bertz CT molecular complexity index is 906. The van der Waals surface area contributed by atoms with E-state index in [2.05, 4.69) is 15.5 Å². The van der Waals surface area contributed by atoms with E-state index in [1.165, 1.54) is 24.3 Å². The number of amides is 1. The highest BCUT2D eigenvalue weighted by atomic mass is 35.5. The summed E-state index contributed by atoms with van der Waals surface area (Å²) in [5.74, 6) is 6.68. The Morgan fingerprint density at radius 3 is 2.57 bits per heavy atom. The number of carbonyl (C=O) groups is 1. The maximum Gasteiger partial charge on any atom is 0.263 e. The number of hydrogen-bond donors (Lipinski definition) is 3. The minimum absolute atomic E-state index is 0.0830. The molecule has 1 fully saturated rings. The Hall–Kier alpha value is -3.18. The maximum absolute atomic E-state index is 12.7. The van der Waals surface area contributed by atoms with Crippen molar-refractivity contribution in [3.63, 3.8) is 0 Å². The van der Waals surface area contributed by atoms with Gasteiger partial charge >= 0.3 is 0 Å². The van der Waals surface area contributed by atoms with Gasteiger partial charge in [0.15, 0.2) is 5.82 Å². The van der Waals surface area contributed by atoms with Gasteiger partial charge in [0.2, 0.25) is 11.8 Å². The van der Waals surface area contributed by atoms with E-state index in [4.69, 9.17) is 27.9 Å². The third-order valence-electron chi connectivity index (χ3n) is 4.33. The zero-order valence-electron chi connectivity index (χ0n) is 15.8. The van der Waals surface area contributed by atoms with Gasteiger partial charge in [-0.25, -0.2) is 14.6 Å². The number of carbonyl (C=O) groups excluding carboxylic acids is 1. The first-order valence-corrected chi connectivity index (χ1v) is 9.28. The number of hydrogen-bond acceptors (Lipinski definition) is 8. The summed E-state index contributed by atoms with van der Waals surface area (Å²) in [6.07, 6.45) is -2.58. The average molecular weight is 440 g/mol. The quantitative estimate of drug-likeness (QED) is 0.337. The second-order valence-electron chi connectivity index (χ2n) is 6.35. The highest BCUT2D eigenvalue weighted by Gasteiger charge is 2.18. The van der Waals surface area contributed by atoms with Crippen molar-refractivity contribution in [2.24, 2.45) is 11.6 Å². The third-order valence-corrected chi connectivity index (χ3v) is 4.55. The summed E-state index contributed by atoms with van der Waals surface area (Å²) in [4.78, 5) is 13.3. The van der Waals surface area contributed by atoms with Crippen molar-refractivity contribution >= 4 is 29.0 Å². The summed E-state index contributed by atoms with van der Waals surface area (Å²) >= 11 is 5.93. The second kappa shape index (κ2) is 9.55. The number of benzene rings is 1. The van der Waals surface area contributed by atoms with Crippen molar-refractivity contribution in [1.29, 1.82) is 0 Å². The van der Waals surface area contributed by atoms with E-state index in [9.17, 15) is 13.6 Å². The van der Waals surface area contributed by atoms with Crippen molar-refractivity contribution in [2.45, 2.75) is 6.43 Å². The van der Waals surface area contributed by atoms with Crippen LogP contribution >= 0.6 is 11.6 Å². The monoisotopic (exact) mass is 439 g/mol. The second-order valence-corrected chi connectivity index (χ2v) is 6.75. The molecule has 1 amide bonds. The van der Waals surface area contributed by atoms with Crippen LogP contribution < -0.4 is 31.5 Å². The minimum Gasteiger partial charge on any atom is -0.470 e. The predicted molar refractivity (Wildman–Crippen MR) is 108 cm³/mol. The third kappa shape index (κ3) is 5.24. The predicted octanol–water partition coefficient (Wildman–Crippen LogP) is 1.48. The lowest BCUT2D eigenvalue weighted by Gasteiger charge is -2.27. The number of halogens is 3. The van der Waals surface area contributed by atoms with E-state index in [1.54, 1.807) is 17.0 Å². The van der Waals surface area contributed by atoms with Crippen LogP contribution in [0.1, 0.15) is 12.0 Å². The number of hydrazine groups is 1. The molecule has 0 unspecified atom stereocenters. The standard InChI is InChI=1S/C18H20ClF2N7O2/c19-17(22)13(28(23)12-3-1-11(2-4-12)18(20)21)10-30-16-6-5-14(25-26-16)27-8-7-24-15(29)9-27/h1-6,18H,7-10,22-23H2,(H,24,29)/b17-13-. The van der Waals surface area contributed by atoms with Gasteiger partial charge in [0.1, 0.15) is 17.5 Å². The normalized spacial score (nSPS) is 15.0. The summed E-state index contributed by atoms with van der Waals surface area (Å²) in [6.45, 7) is 1.23. The number of nitrogens with one attached hydrogen (secondary N) is 1. The molecule has 1 aromatic carbocycles. The zero-order chi connectivity index (χ0) is 21.7. The van der Waals surface area contributed by atoms with Crippen LogP contribution in [0.25, 0.3) is 0 Å². The van der Waals surface area contributed by atoms with Crippen molar-refractivity contribution in [2.75, 3.05) is 36.1 Å². The topological polar surface area (TPSA) is 123 Å². The van der Waals surface area contributed by atoms with E-state index >= 15 is 0 Å². The number of piperazine rings is 1. The molecule has 0 saturated carbocycles. The van der Waals surface area contributed by atoms with Crippen LogP contribution in [0, 0.1) is 0 Å². The summed E-state index contributed by atoms with van der Waals surface area (Å²) in [6, 6.07) is 8.63. The zero-order valence-corrected chi connectivity index (χ0v) is 16.5. The lowest BCUT2D eigenvalue weighted by atomic mass is 10.2. The minimum atomic E-state index is -2.58. The summed E-state index contributed by atoms with van der Waals surface area (Å²) in [5, 5.41) is 11.8. The lowest BCUT2D eigenvalue weighted by molar-refractivity contribution is -0.120. The first-order chi connectivity index (χ1) is 14.3. The largest absolute Gasteiger partial charge is 0.470 e. The van der Waals surface area contributed by atoms with Crippen molar-refractivity contribution < 1.29 is 18.3 Å². The van der Waals surface area contributed by atoms with Gasteiger partial charge < -0.3 is 20.7 Å². The maximum atomic E-state index is 12.7. The fourth-order valence-corrected chi connectivity index (χ4v) is 2.87. The summed E-state index contributed by atoms with van der Waals surface area (Å²) in [5.41, 5.74) is 6.17. The fraction of sp³-hybridized carbons (Fsp3) is 0.278. The van der Waals surface area contributed by atoms with Gasteiger partial charge in [-0.2, -0.15) is 0 Å². The Balaban J connectivity index is 1.64. The highest BCUT2D eigenvalue weighted by Crippen LogP contribution is 2.24. The van der Waals surface area contributed by atoms with Gasteiger partial charge in [0, 0.05) is 24.7 Å². The van der Waals surface area contributed by atoms with Crippen LogP contribution in [-0.2, 0) is 4.79 Å². The Kier molecular flexibility index (Phi) is 6.85. The molecule has 12 heteroatoms. The molecule has 0 spiro atoms. The van der Waals surface area contributed by atoms with E-state index in [0.717, 1.165) is 5.01 Å². The molecule has 3 rings (SSSR count). The van der Waals surface area contributed by atoms with Gasteiger partial charge in [-0.15, -0.1) is 10.2 Å². The molecule has 0 bridgehead atoms. The number of alkyl halides is 2. The Labute approximate surface area is 176 Å². The molecule has 9 nitrogen and oxygen atoms in total. The first-order valence-electron chi connectivity index (χ1n) is 8.90. The van der Waals surface area contributed by atoms with Gasteiger partial charge in [-0.3, -0.25) is 9.80 Å². The molecule has 1 aliphatic rings. The lowest BCUT2D eigenvalue weighted by Crippen LogP contribution is -2.48. The molecule has 1 aliphatic heterocycles. The van der Waals surface area contributed by atoms with Gasteiger partial charge in [-0.1, -0.05) is 23.7 Å². The number of nitrogens with two attached hydrogens (primary N) is 2. The molecule has 160 valence electrons. The molecular weight excluding hydrogens is 420 g/mol. The molecule has 2 heterocycles. The van der Waals surface area contributed by atoms with Crippen LogP contribution in [0.15, 0.2) is 47.3 Å². The van der Waals surface area contributed by atoms with Crippen LogP contribution in [0.3, 0.4) is 0 Å².